The Bertz CT molecular complexity index is 874. The molecule has 6 heteroatoms. The summed E-state index contributed by atoms with van der Waals surface area (Å²) < 4.78 is 13.9. The molecule has 1 atom stereocenters. The number of rotatable bonds is 3. The molecule has 0 saturated heterocycles. The zero-order chi connectivity index (χ0) is 20.5. The Kier molecular flexibility index (Phi) is 5.49. The van der Waals surface area contributed by atoms with Crippen LogP contribution in [0.3, 0.4) is 0 Å². The molecule has 0 spiro atoms. The first kappa shape index (κ1) is 20.0. The Morgan fingerprint density at radius 3 is 2.54 bits per heavy atom. The highest BCUT2D eigenvalue weighted by molar-refractivity contribution is 5.64. The van der Waals surface area contributed by atoms with Gasteiger partial charge < -0.3 is 20.8 Å². The van der Waals surface area contributed by atoms with Gasteiger partial charge in [0.05, 0.1) is 6.04 Å². The predicted molar refractivity (Wildman–Crippen MR) is 109 cm³/mol. The van der Waals surface area contributed by atoms with Gasteiger partial charge in [-0.3, -0.25) is 0 Å². The zero-order valence-corrected chi connectivity index (χ0v) is 16.4. The maximum atomic E-state index is 13.9. The van der Waals surface area contributed by atoms with Crippen LogP contribution in [0, 0.1) is 12.7 Å². The molecule has 4 N–H and O–H groups in total. The molecule has 1 unspecified atom stereocenters. The number of carboxylic acid groups (broad SMARTS) is 2. The van der Waals surface area contributed by atoms with E-state index in [0.717, 1.165) is 23.2 Å². The van der Waals surface area contributed by atoms with E-state index in [9.17, 15) is 4.39 Å². The summed E-state index contributed by atoms with van der Waals surface area (Å²) in [4.78, 5) is 8.56. The lowest BCUT2D eigenvalue weighted by atomic mass is 9.73. The van der Waals surface area contributed by atoms with Crippen LogP contribution < -0.4 is 10.6 Å². The molecule has 2 aliphatic rings. The zero-order valence-electron chi connectivity index (χ0n) is 16.4. The van der Waals surface area contributed by atoms with Gasteiger partial charge in [0.2, 0.25) is 0 Å². The van der Waals surface area contributed by atoms with Crippen LogP contribution in [0.2, 0.25) is 0 Å². The molecule has 0 aromatic heterocycles. The Hall–Kier alpha value is -2.76. The second-order valence-corrected chi connectivity index (χ2v) is 8.26. The molecular formula is C22H27FN2O3. The second-order valence-electron chi connectivity index (χ2n) is 8.26. The largest absolute Gasteiger partial charge is 0.503 e. The summed E-state index contributed by atoms with van der Waals surface area (Å²) in [6, 6.07) is 12.9. The van der Waals surface area contributed by atoms with E-state index in [1.807, 2.05) is 6.92 Å². The van der Waals surface area contributed by atoms with Crippen molar-refractivity contribution in [2.75, 3.05) is 10.6 Å². The normalized spacial score (nSPS) is 19.5. The molecule has 1 saturated carbocycles. The number of hydrogen-bond donors (Lipinski definition) is 4. The number of fused-ring (bicyclic) bond motifs is 1. The van der Waals surface area contributed by atoms with Gasteiger partial charge in [-0.2, -0.15) is 0 Å². The SMILES string of the molecule is Cc1cc(F)cc2c1NC(c1cccc(NC3CC3)c1)CC2(C)C.O=C(O)O. The fraction of sp³-hybridized carbons (Fsp3) is 0.409. The van der Waals surface area contributed by atoms with Crippen molar-refractivity contribution in [3.8, 4) is 0 Å². The monoisotopic (exact) mass is 386 g/mol. The van der Waals surface area contributed by atoms with Crippen LogP contribution in [0.4, 0.5) is 20.6 Å². The van der Waals surface area contributed by atoms with E-state index in [0.29, 0.717) is 6.04 Å². The molecule has 1 fully saturated rings. The van der Waals surface area contributed by atoms with Gasteiger partial charge in [-0.1, -0.05) is 26.0 Å². The average molecular weight is 386 g/mol. The summed E-state index contributed by atoms with van der Waals surface area (Å²) in [5, 5.41) is 21.2. The van der Waals surface area contributed by atoms with Crippen molar-refractivity contribution in [2.24, 2.45) is 0 Å². The van der Waals surface area contributed by atoms with Gasteiger partial charge in [0.1, 0.15) is 5.82 Å². The lowest BCUT2D eigenvalue weighted by Gasteiger charge is -2.40. The summed E-state index contributed by atoms with van der Waals surface area (Å²) >= 11 is 0. The molecule has 0 radical (unpaired) electrons. The molecule has 1 aliphatic heterocycles. The maximum absolute atomic E-state index is 13.9. The third kappa shape index (κ3) is 4.74. The highest BCUT2D eigenvalue weighted by atomic mass is 19.1. The lowest BCUT2D eigenvalue weighted by Crippen LogP contribution is -2.32. The molecule has 5 nitrogen and oxygen atoms in total. The van der Waals surface area contributed by atoms with E-state index < -0.39 is 6.16 Å². The number of carbonyl (C=O) groups is 1. The van der Waals surface area contributed by atoms with E-state index in [1.165, 1.54) is 24.1 Å². The Balaban J connectivity index is 0.000000516. The van der Waals surface area contributed by atoms with Crippen LogP contribution in [0.15, 0.2) is 36.4 Å². The molecule has 1 aliphatic carbocycles. The van der Waals surface area contributed by atoms with Gasteiger partial charge >= 0.3 is 6.16 Å². The molecule has 2 aromatic carbocycles. The standard InChI is InChI=1S/C21H25FN2.CH2O3/c1-13-9-15(22)11-18-20(13)24-19(12-21(18,2)3)14-5-4-6-17(10-14)23-16-7-8-16;2-1(3)4/h4-6,9-11,16,19,23-24H,7-8,12H2,1-3H3;(H2,2,3,4). The molecule has 0 amide bonds. The van der Waals surface area contributed by atoms with Gasteiger partial charge in [-0.05, 0) is 72.6 Å². The molecular weight excluding hydrogens is 359 g/mol. The van der Waals surface area contributed by atoms with E-state index in [2.05, 4.69) is 48.7 Å². The van der Waals surface area contributed by atoms with Crippen molar-refractivity contribution in [1.82, 2.24) is 0 Å². The Morgan fingerprint density at radius 1 is 1.21 bits per heavy atom. The first-order valence-electron chi connectivity index (χ1n) is 9.51. The molecule has 150 valence electrons. The van der Waals surface area contributed by atoms with E-state index in [1.54, 1.807) is 12.1 Å². The van der Waals surface area contributed by atoms with Gasteiger partial charge in [-0.15, -0.1) is 0 Å². The molecule has 1 heterocycles. The number of aryl methyl sites for hydroxylation is 1. The topological polar surface area (TPSA) is 81.6 Å². The summed E-state index contributed by atoms with van der Waals surface area (Å²) in [5.74, 6) is -0.143. The van der Waals surface area contributed by atoms with Crippen LogP contribution in [-0.2, 0) is 5.41 Å². The van der Waals surface area contributed by atoms with Gasteiger partial charge in [-0.25, -0.2) is 9.18 Å². The van der Waals surface area contributed by atoms with Crippen LogP contribution in [-0.4, -0.2) is 22.4 Å². The Labute approximate surface area is 164 Å². The number of nitrogens with one attached hydrogen (secondary N) is 2. The summed E-state index contributed by atoms with van der Waals surface area (Å²) in [6.07, 6.45) is 1.67. The first-order chi connectivity index (χ1) is 13.2. The number of hydrogen-bond acceptors (Lipinski definition) is 3. The Morgan fingerprint density at radius 2 is 1.89 bits per heavy atom. The first-order valence-corrected chi connectivity index (χ1v) is 9.51. The molecule has 0 bridgehead atoms. The second kappa shape index (κ2) is 7.70. The minimum Gasteiger partial charge on any atom is -0.450 e. The quantitative estimate of drug-likeness (QED) is 0.539. The fourth-order valence-electron chi connectivity index (χ4n) is 3.82. The lowest BCUT2D eigenvalue weighted by molar-refractivity contribution is 0.137. The van der Waals surface area contributed by atoms with E-state index in [4.69, 9.17) is 15.0 Å². The van der Waals surface area contributed by atoms with Gasteiger partial charge in [0.25, 0.3) is 0 Å². The van der Waals surface area contributed by atoms with E-state index >= 15 is 0 Å². The third-order valence-electron chi connectivity index (χ3n) is 5.30. The van der Waals surface area contributed by atoms with Crippen LogP contribution in [0.25, 0.3) is 0 Å². The van der Waals surface area contributed by atoms with Crippen molar-refractivity contribution in [3.63, 3.8) is 0 Å². The summed E-state index contributed by atoms with van der Waals surface area (Å²) in [6.45, 7) is 6.41. The van der Waals surface area contributed by atoms with Crippen molar-refractivity contribution < 1.29 is 19.4 Å². The van der Waals surface area contributed by atoms with Crippen molar-refractivity contribution in [3.05, 3.63) is 58.9 Å². The highest BCUT2D eigenvalue weighted by Gasteiger charge is 2.34. The minimum absolute atomic E-state index is 0.0575. The molecule has 2 aromatic rings. The maximum Gasteiger partial charge on any atom is 0.503 e. The van der Waals surface area contributed by atoms with E-state index in [-0.39, 0.29) is 17.3 Å². The number of halogens is 1. The summed E-state index contributed by atoms with van der Waals surface area (Å²) in [7, 11) is 0. The van der Waals surface area contributed by atoms with Gasteiger partial charge in [0.15, 0.2) is 0 Å². The molecule has 4 rings (SSSR count). The number of anilines is 2. The van der Waals surface area contributed by atoms with Crippen molar-refractivity contribution >= 4 is 17.5 Å². The minimum atomic E-state index is -1.83. The van der Waals surface area contributed by atoms with Crippen LogP contribution in [0.1, 0.15) is 55.8 Å². The van der Waals surface area contributed by atoms with Crippen LogP contribution >= 0.6 is 0 Å². The average Bonchev–Trinajstić information content (AvgIpc) is 3.39. The fourth-order valence-corrected chi connectivity index (χ4v) is 3.82. The smallest absolute Gasteiger partial charge is 0.450 e. The van der Waals surface area contributed by atoms with Crippen molar-refractivity contribution in [1.29, 1.82) is 0 Å². The van der Waals surface area contributed by atoms with Crippen LogP contribution in [0.5, 0.6) is 0 Å². The molecule has 28 heavy (non-hydrogen) atoms. The van der Waals surface area contributed by atoms with Gasteiger partial charge in [0, 0.05) is 17.4 Å². The third-order valence-corrected chi connectivity index (χ3v) is 5.30. The van der Waals surface area contributed by atoms with Crippen molar-refractivity contribution in [2.45, 2.75) is 57.5 Å². The predicted octanol–water partition coefficient (Wildman–Crippen LogP) is 5.77. The highest BCUT2D eigenvalue weighted by Crippen LogP contribution is 2.45. The summed E-state index contributed by atoms with van der Waals surface area (Å²) in [5.41, 5.74) is 5.61. The number of benzene rings is 2.